The van der Waals surface area contributed by atoms with E-state index in [0.717, 1.165) is 10.6 Å². The number of nitrogens with one attached hydrogen (secondary N) is 1. The van der Waals surface area contributed by atoms with Gasteiger partial charge in [-0.1, -0.05) is 6.07 Å². The number of carbonyl (C=O) groups is 1. The van der Waals surface area contributed by atoms with Gasteiger partial charge in [0.15, 0.2) is 0 Å². The Labute approximate surface area is 139 Å². The van der Waals surface area contributed by atoms with Gasteiger partial charge in [0.2, 0.25) is 15.9 Å². The highest BCUT2D eigenvalue weighted by atomic mass is 32.2. The van der Waals surface area contributed by atoms with E-state index in [1.807, 2.05) is 6.07 Å². The zero-order chi connectivity index (χ0) is 17.7. The van der Waals surface area contributed by atoms with Crippen LogP contribution >= 0.6 is 0 Å². The van der Waals surface area contributed by atoms with Crippen LogP contribution in [0.4, 0.5) is 15.8 Å². The van der Waals surface area contributed by atoms with E-state index in [2.05, 4.69) is 5.32 Å². The van der Waals surface area contributed by atoms with Gasteiger partial charge in [0.1, 0.15) is 12.4 Å². The molecule has 0 spiro atoms. The number of rotatable bonds is 5. The number of nitrogens with zero attached hydrogens (tertiary/aromatic N) is 2. The number of benzene rings is 2. The molecule has 124 valence electrons. The Morgan fingerprint density at radius 2 is 1.92 bits per heavy atom. The highest BCUT2D eigenvalue weighted by Gasteiger charge is 2.21. The lowest BCUT2D eigenvalue weighted by Gasteiger charge is -2.22. The van der Waals surface area contributed by atoms with Crippen molar-refractivity contribution in [2.75, 3.05) is 22.4 Å². The second kappa shape index (κ2) is 7.10. The monoisotopic (exact) mass is 347 g/mol. The molecule has 0 saturated carbocycles. The summed E-state index contributed by atoms with van der Waals surface area (Å²) < 4.78 is 37.7. The molecule has 2 aromatic carbocycles. The van der Waals surface area contributed by atoms with E-state index in [9.17, 15) is 17.6 Å². The van der Waals surface area contributed by atoms with Gasteiger partial charge in [0.25, 0.3) is 0 Å². The Bertz CT molecular complexity index is 890. The molecular weight excluding hydrogens is 333 g/mol. The number of amides is 1. The summed E-state index contributed by atoms with van der Waals surface area (Å²) in [7, 11) is -3.73. The minimum Gasteiger partial charge on any atom is -0.325 e. The minimum absolute atomic E-state index is 0.214. The van der Waals surface area contributed by atoms with Gasteiger partial charge >= 0.3 is 0 Å². The number of carbonyl (C=O) groups excluding carboxylic acids is 1. The van der Waals surface area contributed by atoms with E-state index < -0.39 is 28.3 Å². The summed E-state index contributed by atoms with van der Waals surface area (Å²) in [5, 5.41) is 11.4. The molecule has 0 aliphatic heterocycles. The molecule has 1 N–H and O–H groups in total. The maximum absolute atomic E-state index is 12.9. The average molecular weight is 347 g/mol. The maximum Gasteiger partial charge on any atom is 0.245 e. The number of sulfonamides is 1. The van der Waals surface area contributed by atoms with Crippen molar-refractivity contribution in [1.29, 1.82) is 5.26 Å². The van der Waals surface area contributed by atoms with Crippen molar-refractivity contribution in [3.8, 4) is 6.07 Å². The fourth-order valence-electron chi connectivity index (χ4n) is 1.99. The van der Waals surface area contributed by atoms with Crippen LogP contribution in [-0.2, 0) is 14.8 Å². The second-order valence-corrected chi connectivity index (χ2v) is 6.89. The van der Waals surface area contributed by atoms with Gasteiger partial charge in [0.05, 0.1) is 23.6 Å². The first-order valence-electron chi connectivity index (χ1n) is 6.83. The van der Waals surface area contributed by atoms with Crippen molar-refractivity contribution in [3.63, 3.8) is 0 Å². The third-order valence-electron chi connectivity index (χ3n) is 3.08. The molecule has 0 heterocycles. The molecule has 0 aliphatic rings. The molecule has 6 nitrogen and oxygen atoms in total. The summed E-state index contributed by atoms with van der Waals surface area (Å²) in [4.78, 5) is 12.1. The molecular formula is C16H14FN3O3S. The fourth-order valence-corrected chi connectivity index (χ4v) is 2.84. The quantitative estimate of drug-likeness (QED) is 0.897. The third kappa shape index (κ3) is 4.54. The summed E-state index contributed by atoms with van der Waals surface area (Å²) in [5.74, 6) is -1.03. The van der Waals surface area contributed by atoms with Crippen LogP contribution in [0.1, 0.15) is 5.56 Å². The van der Waals surface area contributed by atoms with Gasteiger partial charge in [-0.05, 0) is 42.5 Å². The van der Waals surface area contributed by atoms with Crippen molar-refractivity contribution >= 4 is 27.3 Å². The lowest BCUT2D eigenvalue weighted by molar-refractivity contribution is -0.114. The van der Waals surface area contributed by atoms with Crippen molar-refractivity contribution in [3.05, 3.63) is 59.9 Å². The van der Waals surface area contributed by atoms with Crippen LogP contribution < -0.4 is 9.62 Å². The minimum atomic E-state index is -3.73. The molecule has 8 heteroatoms. The van der Waals surface area contributed by atoms with Crippen LogP contribution in [0.3, 0.4) is 0 Å². The van der Waals surface area contributed by atoms with Crippen molar-refractivity contribution < 1.29 is 17.6 Å². The Morgan fingerprint density at radius 1 is 1.25 bits per heavy atom. The molecule has 0 unspecified atom stereocenters. The first-order chi connectivity index (χ1) is 11.3. The molecule has 0 fully saturated rings. The van der Waals surface area contributed by atoms with Gasteiger partial charge < -0.3 is 5.32 Å². The Kier molecular flexibility index (Phi) is 5.16. The van der Waals surface area contributed by atoms with E-state index in [4.69, 9.17) is 5.26 Å². The Morgan fingerprint density at radius 3 is 2.50 bits per heavy atom. The molecule has 1 amide bonds. The van der Waals surface area contributed by atoms with E-state index in [-0.39, 0.29) is 11.3 Å². The predicted molar refractivity (Wildman–Crippen MR) is 88.4 cm³/mol. The number of halogens is 1. The van der Waals surface area contributed by atoms with E-state index in [0.29, 0.717) is 5.69 Å². The number of hydrogen-bond donors (Lipinski definition) is 1. The van der Waals surface area contributed by atoms with E-state index in [1.165, 1.54) is 48.5 Å². The molecule has 0 aromatic heterocycles. The molecule has 0 saturated heterocycles. The molecule has 0 aliphatic carbocycles. The molecule has 24 heavy (non-hydrogen) atoms. The summed E-state index contributed by atoms with van der Waals surface area (Å²) >= 11 is 0. The Balaban J connectivity index is 2.22. The summed E-state index contributed by atoms with van der Waals surface area (Å²) in [6, 6.07) is 13.0. The zero-order valence-corrected chi connectivity index (χ0v) is 13.5. The number of anilines is 2. The third-order valence-corrected chi connectivity index (χ3v) is 4.22. The molecule has 2 aromatic rings. The molecule has 2 rings (SSSR count). The first-order valence-corrected chi connectivity index (χ1v) is 8.68. The number of nitriles is 1. The Hall–Kier alpha value is -2.92. The summed E-state index contributed by atoms with van der Waals surface area (Å²) in [5.41, 5.74) is 0.839. The van der Waals surface area contributed by atoms with Crippen LogP contribution in [0.2, 0.25) is 0 Å². The van der Waals surface area contributed by atoms with Crippen LogP contribution in [0.25, 0.3) is 0 Å². The zero-order valence-electron chi connectivity index (χ0n) is 12.7. The van der Waals surface area contributed by atoms with Gasteiger partial charge in [0, 0.05) is 5.69 Å². The highest BCUT2D eigenvalue weighted by Crippen LogP contribution is 2.19. The maximum atomic E-state index is 12.9. The lowest BCUT2D eigenvalue weighted by atomic mass is 10.2. The van der Waals surface area contributed by atoms with Gasteiger partial charge in [-0.15, -0.1) is 0 Å². The van der Waals surface area contributed by atoms with E-state index in [1.54, 1.807) is 0 Å². The average Bonchev–Trinajstić information content (AvgIpc) is 2.54. The largest absolute Gasteiger partial charge is 0.325 e. The molecule has 0 radical (unpaired) electrons. The van der Waals surface area contributed by atoms with Gasteiger partial charge in [-0.25, -0.2) is 12.8 Å². The molecule has 0 atom stereocenters. The number of hydrogen-bond acceptors (Lipinski definition) is 4. The summed E-state index contributed by atoms with van der Waals surface area (Å²) in [6.07, 6.45) is 0.969. The van der Waals surface area contributed by atoms with Crippen molar-refractivity contribution in [1.82, 2.24) is 0 Å². The van der Waals surface area contributed by atoms with Crippen molar-refractivity contribution in [2.24, 2.45) is 0 Å². The summed E-state index contributed by atoms with van der Waals surface area (Å²) in [6.45, 7) is -0.467. The van der Waals surface area contributed by atoms with Crippen LogP contribution in [0, 0.1) is 17.1 Å². The standard InChI is InChI=1S/C16H14FN3O3S/c1-24(22,23)20(15-4-2-3-12(9-15)10-18)11-16(21)19-14-7-5-13(17)6-8-14/h2-9H,11H2,1H3,(H,19,21). The second-order valence-electron chi connectivity index (χ2n) is 4.99. The van der Waals surface area contributed by atoms with Crippen LogP contribution in [0.5, 0.6) is 0 Å². The van der Waals surface area contributed by atoms with Crippen LogP contribution in [0.15, 0.2) is 48.5 Å². The normalized spacial score (nSPS) is 10.7. The smallest absolute Gasteiger partial charge is 0.245 e. The SMILES string of the molecule is CS(=O)(=O)N(CC(=O)Nc1ccc(F)cc1)c1cccc(C#N)c1. The van der Waals surface area contributed by atoms with Crippen LogP contribution in [-0.4, -0.2) is 27.1 Å². The fraction of sp³-hybridized carbons (Fsp3) is 0.125. The highest BCUT2D eigenvalue weighted by molar-refractivity contribution is 7.92. The lowest BCUT2D eigenvalue weighted by Crippen LogP contribution is -2.37. The van der Waals surface area contributed by atoms with E-state index >= 15 is 0 Å². The predicted octanol–water partition coefficient (Wildman–Crippen LogP) is 2.10. The topological polar surface area (TPSA) is 90.3 Å². The molecule has 0 bridgehead atoms. The van der Waals surface area contributed by atoms with Gasteiger partial charge in [-0.2, -0.15) is 5.26 Å². The van der Waals surface area contributed by atoms with Gasteiger partial charge in [-0.3, -0.25) is 9.10 Å². The van der Waals surface area contributed by atoms with Crippen molar-refractivity contribution in [2.45, 2.75) is 0 Å². The first kappa shape index (κ1) is 17.4.